The van der Waals surface area contributed by atoms with E-state index in [1.807, 2.05) is 18.3 Å². The Hall–Kier alpha value is -1.64. The first-order valence-corrected chi connectivity index (χ1v) is 9.09. The molecular weight excluding hydrogens is 316 g/mol. The Kier molecular flexibility index (Phi) is 5.37. The van der Waals surface area contributed by atoms with Gasteiger partial charge in [0, 0.05) is 29.9 Å². The zero-order valence-corrected chi connectivity index (χ0v) is 15.5. The Morgan fingerprint density at radius 3 is 2.62 bits per heavy atom. The van der Waals surface area contributed by atoms with Crippen LogP contribution in [0.4, 0.5) is 0 Å². The lowest BCUT2D eigenvalue weighted by atomic mass is 9.87. The summed E-state index contributed by atoms with van der Waals surface area (Å²) in [5, 5.41) is 0.792. The van der Waals surface area contributed by atoms with Crippen LogP contribution >= 0.6 is 11.6 Å². The summed E-state index contributed by atoms with van der Waals surface area (Å²) in [5.74, 6) is 0. The van der Waals surface area contributed by atoms with Gasteiger partial charge in [0.25, 0.3) is 0 Å². The smallest absolute Gasteiger partial charge is 0.0739 e. The molecule has 0 unspecified atom stereocenters. The molecular formula is C21H25ClN2. The van der Waals surface area contributed by atoms with Gasteiger partial charge in [-0.3, -0.25) is 4.98 Å². The SMILES string of the molecule is CCc1cccnc1C(=C1CCN(C)CC1)c1ccc(Cl)cc1C. The molecule has 0 saturated carbocycles. The molecule has 0 N–H and O–H groups in total. The fourth-order valence-corrected chi connectivity index (χ4v) is 3.71. The van der Waals surface area contributed by atoms with Gasteiger partial charge in [0.2, 0.25) is 0 Å². The summed E-state index contributed by atoms with van der Waals surface area (Å²) in [4.78, 5) is 7.18. The van der Waals surface area contributed by atoms with Gasteiger partial charge < -0.3 is 4.90 Å². The quantitative estimate of drug-likeness (QED) is 0.769. The topological polar surface area (TPSA) is 16.1 Å². The number of aromatic nitrogens is 1. The molecule has 1 aliphatic rings. The van der Waals surface area contributed by atoms with Gasteiger partial charge in [0.05, 0.1) is 5.69 Å². The fraction of sp³-hybridized carbons (Fsp3) is 0.381. The summed E-state index contributed by atoms with van der Waals surface area (Å²) in [6.07, 6.45) is 5.11. The lowest BCUT2D eigenvalue weighted by molar-refractivity contribution is 0.313. The maximum absolute atomic E-state index is 6.19. The first-order valence-electron chi connectivity index (χ1n) is 8.71. The number of likely N-dealkylation sites (tertiary alicyclic amines) is 1. The molecule has 0 bridgehead atoms. The Labute approximate surface area is 150 Å². The summed E-state index contributed by atoms with van der Waals surface area (Å²) in [5.41, 5.74) is 7.80. The van der Waals surface area contributed by atoms with Crippen molar-refractivity contribution in [3.05, 3.63) is 69.5 Å². The molecule has 2 aromatic rings. The molecule has 24 heavy (non-hydrogen) atoms. The first-order chi connectivity index (χ1) is 11.6. The Bertz CT molecular complexity index is 754. The summed E-state index contributed by atoms with van der Waals surface area (Å²) in [6.45, 7) is 6.57. The van der Waals surface area contributed by atoms with Crippen LogP contribution in [0.2, 0.25) is 5.02 Å². The van der Waals surface area contributed by atoms with Crippen LogP contribution in [0.5, 0.6) is 0 Å². The molecule has 1 aromatic heterocycles. The number of hydrogen-bond donors (Lipinski definition) is 0. The average Bonchev–Trinajstić information content (AvgIpc) is 2.59. The minimum atomic E-state index is 0.792. The van der Waals surface area contributed by atoms with E-state index in [9.17, 15) is 0 Å². The Balaban J connectivity index is 2.20. The maximum Gasteiger partial charge on any atom is 0.0739 e. The molecule has 2 heterocycles. The normalized spacial score (nSPS) is 15.6. The second-order valence-corrected chi connectivity index (χ2v) is 7.04. The fourth-order valence-electron chi connectivity index (χ4n) is 3.48. The molecule has 1 saturated heterocycles. The van der Waals surface area contributed by atoms with E-state index in [0.29, 0.717) is 0 Å². The van der Waals surface area contributed by atoms with Gasteiger partial charge in [-0.1, -0.05) is 36.2 Å². The molecule has 1 aromatic carbocycles. The molecule has 0 aliphatic carbocycles. The third-order valence-corrected chi connectivity index (χ3v) is 5.15. The van der Waals surface area contributed by atoms with Crippen LogP contribution in [0.25, 0.3) is 5.57 Å². The molecule has 0 amide bonds. The van der Waals surface area contributed by atoms with Crippen molar-refractivity contribution in [2.24, 2.45) is 0 Å². The summed E-state index contributed by atoms with van der Waals surface area (Å²) >= 11 is 6.19. The van der Waals surface area contributed by atoms with E-state index >= 15 is 0 Å². The molecule has 0 atom stereocenters. The van der Waals surface area contributed by atoms with Crippen LogP contribution in [0.3, 0.4) is 0 Å². The number of aryl methyl sites for hydroxylation is 2. The number of benzene rings is 1. The van der Waals surface area contributed by atoms with Crippen molar-refractivity contribution in [3.8, 4) is 0 Å². The van der Waals surface area contributed by atoms with Crippen molar-refractivity contribution in [1.82, 2.24) is 9.88 Å². The first kappa shape index (κ1) is 17.2. The van der Waals surface area contributed by atoms with Gasteiger partial charge in [0.1, 0.15) is 0 Å². The van der Waals surface area contributed by atoms with E-state index in [0.717, 1.165) is 43.1 Å². The minimum absolute atomic E-state index is 0.792. The molecule has 2 nitrogen and oxygen atoms in total. The number of halogens is 1. The third-order valence-electron chi connectivity index (χ3n) is 4.91. The summed E-state index contributed by atoms with van der Waals surface area (Å²) in [7, 11) is 2.20. The monoisotopic (exact) mass is 340 g/mol. The Morgan fingerprint density at radius 1 is 1.21 bits per heavy atom. The van der Waals surface area contributed by atoms with E-state index in [-0.39, 0.29) is 0 Å². The molecule has 1 aliphatic heterocycles. The van der Waals surface area contributed by atoms with Gasteiger partial charge >= 0.3 is 0 Å². The van der Waals surface area contributed by atoms with Gasteiger partial charge in [-0.2, -0.15) is 0 Å². The van der Waals surface area contributed by atoms with Crippen molar-refractivity contribution in [3.63, 3.8) is 0 Å². The predicted octanol–water partition coefficient (Wildman–Crippen LogP) is 5.13. The second-order valence-electron chi connectivity index (χ2n) is 6.61. The van der Waals surface area contributed by atoms with Crippen LogP contribution in [0.1, 0.15) is 42.1 Å². The van der Waals surface area contributed by atoms with Crippen LogP contribution < -0.4 is 0 Å². The number of nitrogens with zero attached hydrogens (tertiary/aromatic N) is 2. The highest BCUT2D eigenvalue weighted by molar-refractivity contribution is 6.30. The molecule has 3 rings (SSSR count). The van der Waals surface area contributed by atoms with Crippen LogP contribution in [0.15, 0.2) is 42.1 Å². The third kappa shape index (κ3) is 3.55. The van der Waals surface area contributed by atoms with E-state index in [2.05, 4.69) is 44.0 Å². The average molecular weight is 341 g/mol. The number of hydrogen-bond acceptors (Lipinski definition) is 2. The van der Waals surface area contributed by atoms with Crippen molar-refractivity contribution in [2.45, 2.75) is 33.1 Å². The van der Waals surface area contributed by atoms with Crippen LogP contribution in [0, 0.1) is 6.92 Å². The lowest BCUT2D eigenvalue weighted by Gasteiger charge is -2.27. The zero-order chi connectivity index (χ0) is 17.1. The van der Waals surface area contributed by atoms with Crippen molar-refractivity contribution in [2.75, 3.05) is 20.1 Å². The molecule has 3 heteroatoms. The lowest BCUT2D eigenvalue weighted by Crippen LogP contribution is -2.27. The molecule has 1 fully saturated rings. The number of piperidine rings is 1. The summed E-state index contributed by atoms with van der Waals surface area (Å²) < 4.78 is 0. The molecule has 0 radical (unpaired) electrons. The van der Waals surface area contributed by atoms with Gasteiger partial charge in [-0.05, 0) is 68.1 Å². The standard InChI is InChI=1S/C21H25ClN2/c1-4-16-6-5-11-23-21(16)20(17-9-12-24(3)13-10-17)19-8-7-18(22)14-15(19)2/h5-8,11,14H,4,9-10,12-13H2,1-3H3. The minimum Gasteiger partial charge on any atom is -0.306 e. The largest absolute Gasteiger partial charge is 0.306 e. The second kappa shape index (κ2) is 7.50. The van der Waals surface area contributed by atoms with Gasteiger partial charge in [-0.15, -0.1) is 0 Å². The molecule has 0 spiro atoms. The zero-order valence-electron chi connectivity index (χ0n) is 14.8. The number of pyridine rings is 1. The van der Waals surface area contributed by atoms with Crippen LogP contribution in [-0.4, -0.2) is 30.0 Å². The van der Waals surface area contributed by atoms with Gasteiger partial charge in [-0.25, -0.2) is 0 Å². The molecule has 126 valence electrons. The van der Waals surface area contributed by atoms with Crippen molar-refractivity contribution < 1.29 is 0 Å². The summed E-state index contributed by atoms with van der Waals surface area (Å²) in [6, 6.07) is 10.4. The van der Waals surface area contributed by atoms with E-state index in [1.54, 1.807) is 0 Å². The van der Waals surface area contributed by atoms with E-state index < -0.39 is 0 Å². The highest BCUT2D eigenvalue weighted by atomic mass is 35.5. The Morgan fingerprint density at radius 2 is 1.96 bits per heavy atom. The van der Waals surface area contributed by atoms with E-state index in [1.165, 1.54) is 27.8 Å². The number of rotatable bonds is 3. The van der Waals surface area contributed by atoms with E-state index in [4.69, 9.17) is 16.6 Å². The van der Waals surface area contributed by atoms with Crippen molar-refractivity contribution >= 4 is 17.2 Å². The van der Waals surface area contributed by atoms with Crippen molar-refractivity contribution in [1.29, 1.82) is 0 Å². The maximum atomic E-state index is 6.19. The highest BCUT2D eigenvalue weighted by Gasteiger charge is 2.20. The van der Waals surface area contributed by atoms with Gasteiger partial charge in [0.15, 0.2) is 0 Å². The highest BCUT2D eigenvalue weighted by Crippen LogP contribution is 2.35. The van der Waals surface area contributed by atoms with Crippen LogP contribution in [-0.2, 0) is 6.42 Å². The predicted molar refractivity (Wildman–Crippen MR) is 103 cm³/mol.